The average Bonchev–Trinajstić information content (AvgIpc) is 2.67. The van der Waals surface area contributed by atoms with Crippen LogP contribution in [0.1, 0.15) is 28.8 Å². The molecule has 2 rings (SSSR count). The van der Waals surface area contributed by atoms with Crippen molar-refractivity contribution in [2.75, 3.05) is 25.0 Å². The van der Waals surface area contributed by atoms with Crippen LogP contribution in [0.4, 0.5) is 5.69 Å². The van der Waals surface area contributed by atoms with Crippen LogP contribution >= 0.6 is 0 Å². The maximum atomic E-state index is 11.8. The number of rotatable bonds is 4. The first-order valence-electron chi connectivity index (χ1n) is 5.79. The second-order valence-corrected chi connectivity index (χ2v) is 4.33. The second-order valence-electron chi connectivity index (χ2n) is 4.33. The van der Waals surface area contributed by atoms with Gasteiger partial charge >= 0.3 is 0 Å². The van der Waals surface area contributed by atoms with Crippen molar-refractivity contribution >= 4 is 11.5 Å². The summed E-state index contributed by atoms with van der Waals surface area (Å²) in [5, 5.41) is 0. The number of likely N-dealkylation sites (N-methyl/N-ethyl adjacent to an activating group) is 1. The molecule has 0 aliphatic carbocycles. The molecule has 1 aromatic rings. The van der Waals surface area contributed by atoms with Gasteiger partial charge in [0.2, 0.25) is 0 Å². The third-order valence-corrected chi connectivity index (χ3v) is 3.14. The van der Waals surface area contributed by atoms with E-state index in [-0.39, 0.29) is 5.78 Å². The summed E-state index contributed by atoms with van der Waals surface area (Å²) in [5.41, 5.74) is 8.79. The van der Waals surface area contributed by atoms with Crippen LogP contribution in [0.2, 0.25) is 0 Å². The van der Waals surface area contributed by atoms with E-state index in [0.717, 1.165) is 24.9 Å². The van der Waals surface area contributed by atoms with Crippen LogP contribution in [0.15, 0.2) is 18.2 Å². The van der Waals surface area contributed by atoms with Gasteiger partial charge in [0, 0.05) is 31.3 Å². The zero-order valence-electron chi connectivity index (χ0n) is 9.70. The van der Waals surface area contributed by atoms with E-state index in [1.54, 1.807) is 0 Å². The lowest BCUT2D eigenvalue weighted by Crippen LogP contribution is -2.12. The Morgan fingerprint density at radius 2 is 2.31 bits per heavy atom. The van der Waals surface area contributed by atoms with Crippen molar-refractivity contribution in [2.45, 2.75) is 19.3 Å². The molecule has 16 heavy (non-hydrogen) atoms. The highest BCUT2D eigenvalue weighted by Gasteiger charge is 2.17. The third kappa shape index (κ3) is 2.09. The van der Waals surface area contributed by atoms with Gasteiger partial charge in [0.25, 0.3) is 0 Å². The quantitative estimate of drug-likeness (QED) is 0.781. The summed E-state index contributed by atoms with van der Waals surface area (Å²) in [7, 11) is 2.09. The van der Waals surface area contributed by atoms with Crippen LogP contribution in [0, 0.1) is 0 Å². The van der Waals surface area contributed by atoms with Gasteiger partial charge in [-0.2, -0.15) is 0 Å². The minimum absolute atomic E-state index is 0.211. The molecule has 0 aromatic heterocycles. The number of ketones is 1. The highest BCUT2D eigenvalue weighted by atomic mass is 16.1. The topological polar surface area (TPSA) is 46.3 Å². The minimum atomic E-state index is 0.211. The number of hydrogen-bond donors (Lipinski definition) is 1. The molecule has 1 heterocycles. The molecular formula is C13H18N2O. The van der Waals surface area contributed by atoms with Crippen molar-refractivity contribution in [1.82, 2.24) is 0 Å². The van der Waals surface area contributed by atoms with Crippen LogP contribution < -0.4 is 10.6 Å². The van der Waals surface area contributed by atoms with Gasteiger partial charge in [-0.05, 0) is 43.1 Å². The smallest absolute Gasteiger partial charge is 0.162 e. The zero-order valence-corrected chi connectivity index (χ0v) is 9.70. The summed E-state index contributed by atoms with van der Waals surface area (Å²) in [5.74, 6) is 0.211. The summed E-state index contributed by atoms with van der Waals surface area (Å²) >= 11 is 0. The molecular weight excluding hydrogens is 200 g/mol. The van der Waals surface area contributed by atoms with E-state index in [9.17, 15) is 4.79 Å². The van der Waals surface area contributed by atoms with E-state index in [1.165, 1.54) is 11.3 Å². The summed E-state index contributed by atoms with van der Waals surface area (Å²) in [6.45, 7) is 1.63. The van der Waals surface area contributed by atoms with Crippen LogP contribution in [-0.2, 0) is 6.42 Å². The van der Waals surface area contributed by atoms with E-state index in [1.807, 2.05) is 12.1 Å². The maximum Gasteiger partial charge on any atom is 0.162 e. The number of carbonyl (C=O) groups excluding carboxylic acids is 1. The Kier molecular flexibility index (Phi) is 3.25. The number of hydrogen-bond acceptors (Lipinski definition) is 3. The predicted molar refractivity (Wildman–Crippen MR) is 66.0 cm³/mol. The molecule has 1 aromatic carbocycles. The van der Waals surface area contributed by atoms with Crippen LogP contribution in [0.25, 0.3) is 0 Å². The number of Topliss-reactive ketones (excluding diaryl/α,β-unsaturated/α-hetero) is 1. The van der Waals surface area contributed by atoms with Crippen LogP contribution in [0.5, 0.6) is 0 Å². The van der Waals surface area contributed by atoms with Crippen LogP contribution in [0.3, 0.4) is 0 Å². The van der Waals surface area contributed by atoms with Crippen molar-refractivity contribution in [2.24, 2.45) is 5.73 Å². The maximum absolute atomic E-state index is 11.8. The lowest BCUT2D eigenvalue weighted by atomic mass is 10.0. The van der Waals surface area contributed by atoms with Gasteiger partial charge in [-0.25, -0.2) is 0 Å². The SMILES string of the molecule is CN1CCc2cc(C(=O)CCCN)ccc21. The highest BCUT2D eigenvalue weighted by molar-refractivity contribution is 5.96. The van der Waals surface area contributed by atoms with Crippen molar-refractivity contribution in [1.29, 1.82) is 0 Å². The van der Waals surface area contributed by atoms with E-state index in [0.29, 0.717) is 13.0 Å². The Morgan fingerprint density at radius 1 is 1.50 bits per heavy atom. The number of fused-ring (bicyclic) bond motifs is 1. The molecule has 3 nitrogen and oxygen atoms in total. The number of nitrogens with zero attached hydrogens (tertiary/aromatic N) is 1. The van der Waals surface area contributed by atoms with E-state index in [2.05, 4.69) is 18.0 Å². The molecule has 0 atom stereocenters. The standard InChI is InChI=1S/C13H18N2O/c1-15-8-6-10-9-11(4-5-12(10)15)13(16)3-2-7-14/h4-5,9H,2-3,6-8,14H2,1H3. The molecule has 0 saturated heterocycles. The molecule has 0 radical (unpaired) electrons. The van der Waals surface area contributed by atoms with Gasteiger partial charge in [0.1, 0.15) is 0 Å². The number of benzene rings is 1. The Bertz CT molecular complexity index is 401. The first kappa shape index (κ1) is 11.1. The number of anilines is 1. The average molecular weight is 218 g/mol. The van der Waals surface area contributed by atoms with Crippen LogP contribution in [-0.4, -0.2) is 25.9 Å². The second kappa shape index (κ2) is 4.66. The Balaban J connectivity index is 2.15. The number of nitrogens with two attached hydrogens (primary N) is 1. The fraction of sp³-hybridized carbons (Fsp3) is 0.462. The van der Waals surface area contributed by atoms with Gasteiger partial charge < -0.3 is 10.6 Å². The lowest BCUT2D eigenvalue weighted by molar-refractivity contribution is 0.0980. The summed E-state index contributed by atoms with van der Waals surface area (Å²) < 4.78 is 0. The molecule has 0 spiro atoms. The van der Waals surface area contributed by atoms with E-state index in [4.69, 9.17) is 5.73 Å². The van der Waals surface area contributed by atoms with Gasteiger partial charge in [-0.15, -0.1) is 0 Å². The first-order valence-corrected chi connectivity index (χ1v) is 5.79. The van der Waals surface area contributed by atoms with E-state index >= 15 is 0 Å². The first-order chi connectivity index (χ1) is 7.72. The molecule has 0 unspecified atom stereocenters. The zero-order chi connectivity index (χ0) is 11.5. The Labute approximate surface area is 96.2 Å². The summed E-state index contributed by atoms with van der Waals surface area (Å²) in [6, 6.07) is 6.02. The van der Waals surface area contributed by atoms with Gasteiger partial charge in [0.05, 0.1) is 0 Å². The molecule has 0 amide bonds. The van der Waals surface area contributed by atoms with Crippen molar-refractivity contribution in [3.63, 3.8) is 0 Å². The fourth-order valence-electron chi connectivity index (χ4n) is 2.15. The molecule has 3 heteroatoms. The van der Waals surface area contributed by atoms with E-state index < -0.39 is 0 Å². The summed E-state index contributed by atoms with van der Waals surface area (Å²) in [4.78, 5) is 14.0. The van der Waals surface area contributed by atoms with Gasteiger partial charge in [0.15, 0.2) is 5.78 Å². The third-order valence-electron chi connectivity index (χ3n) is 3.14. The minimum Gasteiger partial charge on any atom is -0.374 e. The molecule has 1 aliphatic rings. The van der Waals surface area contributed by atoms with Gasteiger partial charge in [-0.3, -0.25) is 4.79 Å². The largest absolute Gasteiger partial charge is 0.374 e. The highest BCUT2D eigenvalue weighted by Crippen LogP contribution is 2.27. The lowest BCUT2D eigenvalue weighted by Gasteiger charge is -2.11. The monoisotopic (exact) mass is 218 g/mol. The Morgan fingerprint density at radius 3 is 3.06 bits per heavy atom. The molecule has 0 fully saturated rings. The van der Waals surface area contributed by atoms with Crippen molar-refractivity contribution in [3.05, 3.63) is 29.3 Å². The molecule has 0 bridgehead atoms. The Hall–Kier alpha value is -1.35. The van der Waals surface area contributed by atoms with Crippen molar-refractivity contribution in [3.8, 4) is 0 Å². The fourth-order valence-corrected chi connectivity index (χ4v) is 2.15. The molecule has 1 aliphatic heterocycles. The summed E-state index contributed by atoms with van der Waals surface area (Å²) in [6.07, 6.45) is 2.38. The molecule has 86 valence electrons. The number of carbonyl (C=O) groups is 1. The predicted octanol–water partition coefficient (Wildman–Crippen LogP) is 1.60. The molecule has 2 N–H and O–H groups in total. The van der Waals surface area contributed by atoms with Crippen molar-refractivity contribution < 1.29 is 4.79 Å². The molecule has 0 saturated carbocycles. The van der Waals surface area contributed by atoms with Gasteiger partial charge in [-0.1, -0.05) is 0 Å². The normalized spacial score (nSPS) is 14.0.